The standard InChI is InChI=1S/C44H52F2N2O8/c1-4-23-55-44-40(48(43(51)52-2)27-29-15-17-32(45)18-16-29)26-38(47-53-3)35-24-30(11-7-9-21-49)34(13-8-10-22-50)41(42(35)44)36-25-33(19-20-39(36)56-44)54-28-31-12-5-6-14-37(31)46/h4-6,12,14-20,24-25,30,34,40-42,49-50H,1,7-11,13,21-23,26-28H2,2-3H3/t30-,34+,40-,41+,42+,44+/m0/s1. The largest absolute Gasteiger partial charge is 0.489 e. The Morgan fingerprint density at radius 3 is 2.46 bits per heavy atom. The summed E-state index contributed by atoms with van der Waals surface area (Å²) in [7, 11) is 2.80. The van der Waals surface area contributed by atoms with Crippen LogP contribution in [0.1, 0.15) is 67.6 Å². The summed E-state index contributed by atoms with van der Waals surface area (Å²) in [5.41, 5.74) is 3.46. The highest BCUT2D eigenvalue weighted by atomic mass is 19.1. The Morgan fingerprint density at radius 1 is 1.02 bits per heavy atom. The van der Waals surface area contributed by atoms with E-state index >= 15 is 0 Å². The minimum absolute atomic E-state index is 0.00335. The van der Waals surface area contributed by atoms with Crippen molar-refractivity contribution in [1.82, 2.24) is 4.90 Å². The van der Waals surface area contributed by atoms with Crippen LogP contribution in [0.5, 0.6) is 11.5 Å². The number of ether oxygens (including phenoxy) is 4. The Kier molecular flexibility index (Phi) is 13.8. The third kappa shape index (κ3) is 8.62. The summed E-state index contributed by atoms with van der Waals surface area (Å²) in [5.74, 6) is -1.98. The smallest absolute Gasteiger partial charge is 0.410 e. The molecule has 56 heavy (non-hydrogen) atoms. The molecule has 12 heteroatoms. The van der Waals surface area contributed by atoms with Crippen LogP contribution in [0.4, 0.5) is 13.6 Å². The van der Waals surface area contributed by atoms with E-state index in [1.54, 1.807) is 47.4 Å². The number of hydrogen-bond acceptors (Lipinski definition) is 9. The predicted octanol–water partition coefficient (Wildman–Crippen LogP) is 8.08. The SMILES string of the molecule is C=CCO[C@@]12Oc3ccc(OCc4ccccc4F)cc3[C@H]3[C@H](CCCCO)[C@@H](CCCCO)C=C(C(=NOC)C[C@@H]1N(Cc1ccc(F)cc1)C(=O)OC)[C@H]32. The maximum Gasteiger partial charge on any atom is 0.410 e. The Balaban J connectivity index is 1.56. The first-order valence-electron chi connectivity index (χ1n) is 19.3. The van der Waals surface area contributed by atoms with Crippen LogP contribution in [0.15, 0.2) is 96.2 Å². The number of hydrogen-bond donors (Lipinski definition) is 2. The molecule has 1 amide bonds. The Labute approximate surface area is 327 Å². The number of methoxy groups -OCH3 is 1. The van der Waals surface area contributed by atoms with Crippen molar-refractivity contribution in [3.63, 3.8) is 0 Å². The molecular weight excluding hydrogens is 722 g/mol. The molecular formula is C44H52F2N2O8. The lowest BCUT2D eigenvalue weighted by molar-refractivity contribution is -0.256. The molecule has 0 unspecified atom stereocenters. The molecule has 300 valence electrons. The topological polar surface area (TPSA) is 119 Å². The minimum atomic E-state index is -1.50. The number of allylic oxidation sites excluding steroid dienone is 1. The van der Waals surface area contributed by atoms with Crippen LogP contribution in [-0.2, 0) is 27.5 Å². The van der Waals surface area contributed by atoms with Gasteiger partial charge in [-0.1, -0.05) is 60.5 Å². The van der Waals surface area contributed by atoms with E-state index in [4.69, 9.17) is 23.8 Å². The molecule has 6 rings (SSSR count). The van der Waals surface area contributed by atoms with Gasteiger partial charge in [0.1, 0.15) is 42.9 Å². The van der Waals surface area contributed by atoms with Crippen LogP contribution < -0.4 is 9.47 Å². The quantitative estimate of drug-likeness (QED) is 0.0757. The zero-order valence-corrected chi connectivity index (χ0v) is 32.1. The van der Waals surface area contributed by atoms with Gasteiger partial charge in [-0.05, 0) is 85.1 Å². The number of carbonyl (C=O) groups is 1. The first-order valence-corrected chi connectivity index (χ1v) is 19.3. The summed E-state index contributed by atoms with van der Waals surface area (Å²) < 4.78 is 54.4. The van der Waals surface area contributed by atoms with Gasteiger partial charge in [0.2, 0.25) is 5.79 Å². The number of unbranched alkanes of at least 4 members (excludes halogenated alkanes) is 2. The van der Waals surface area contributed by atoms with Crippen LogP contribution >= 0.6 is 0 Å². The van der Waals surface area contributed by atoms with E-state index in [9.17, 15) is 23.8 Å². The fraction of sp³-hybridized carbons (Fsp3) is 0.455. The van der Waals surface area contributed by atoms with E-state index in [1.165, 1.54) is 32.4 Å². The van der Waals surface area contributed by atoms with E-state index in [1.807, 2.05) is 12.1 Å². The molecule has 0 saturated heterocycles. The number of amides is 1. The number of benzene rings is 3. The maximum atomic E-state index is 14.6. The summed E-state index contributed by atoms with van der Waals surface area (Å²) >= 11 is 0. The lowest BCUT2D eigenvalue weighted by Crippen LogP contribution is -2.70. The number of rotatable bonds is 18. The van der Waals surface area contributed by atoms with E-state index in [0.29, 0.717) is 41.2 Å². The summed E-state index contributed by atoms with van der Waals surface area (Å²) in [4.78, 5) is 21.0. The molecule has 1 heterocycles. The number of nitrogens with zero attached hydrogens (tertiary/aromatic N) is 2. The lowest BCUT2D eigenvalue weighted by Gasteiger charge is -2.59. The second kappa shape index (κ2) is 18.9. The van der Waals surface area contributed by atoms with Gasteiger partial charge in [-0.3, -0.25) is 4.90 Å². The minimum Gasteiger partial charge on any atom is -0.489 e. The number of fused-ring (bicyclic) bond motifs is 2. The van der Waals surface area contributed by atoms with Crippen molar-refractivity contribution in [3.8, 4) is 11.5 Å². The number of halogens is 2. The lowest BCUT2D eigenvalue weighted by atomic mass is 9.55. The van der Waals surface area contributed by atoms with Gasteiger partial charge < -0.3 is 34.0 Å². The number of aliphatic hydroxyl groups is 2. The van der Waals surface area contributed by atoms with Crippen molar-refractivity contribution < 1.29 is 47.6 Å². The highest BCUT2D eigenvalue weighted by molar-refractivity contribution is 6.02. The van der Waals surface area contributed by atoms with Gasteiger partial charge in [0.05, 0.1) is 25.3 Å². The third-order valence-corrected chi connectivity index (χ3v) is 11.2. The van der Waals surface area contributed by atoms with E-state index < -0.39 is 29.7 Å². The molecule has 0 bridgehead atoms. The monoisotopic (exact) mass is 774 g/mol. The van der Waals surface area contributed by atoms with Gasteiger partial charge in [-0.25, -0.2) is 13.6 Å². The van der Waals surface area contributed by atoms with Crippen LogP contribution in [0, 0.1) is 29.4 Å². The van der Waals surface area contributed by atoms with Gasteiger partial charge in [-0.2, -0.15) is 0 Å². The first kappa shape index (κ1) is 40.9. The average molecular weight is 775 g/mol. The summed E-state index contributed by atoms with van der Waals surface area (Å²) in [6.07, 6.45) is 7.79. The normalized spacial score (nSPS) is 24.3. The maximum absolute atomic E-state index is 14.6. The molecule has 0 aromatic heterocycles. The fourth-order valence-electron chi connectivity index (χ4n) is 8.83. The number of oxime groups is 1. The average Bonchev–Trinajstić information content (AvgIpc) is 3.21. The number of carbonyl (C=O) groups excluding carboxylic acids is 1. The van der Waals surface area contributed by atoms with Gasteiger partial charge in [0.15, 0.2) is 0 Å². The van der Waals surface area contributed by atoms with Crippen molar-refractivity contribution in [2.45, 2.75) is 75.8 Å². The van der Waals surface area contributed by atoms with Gasteiger partial charge in [0.25, 0.3) is 0 Å². The van der Waals surface area contributed by atoms with Crippen LogP contribution in [0.25, 0.3) is 0 Å². The highest BCUT2D eigenvalue weighted by Gasteiger charge is 2.65. The zero-order chi connectivity index (χ0) is 39.7. The molecule has 1 saturated carbocycles. The van der Waals surface area contributed by atoms with Gasteiger partial charge >= 0.3 is 6.09 Å². The molecule has 10 nitrogen and oxygen atoms in total. The second-order valence-electron chi connectivity index (χ2n) is 14.6. The second-order valence-corrected chi connectivity index (χ2v) is 14.6. The molecule has 6 atom stereocenters. The molecule has 3 aliphatic rings. The molecule has 1 fully saturated rings. The molecule has 0 radical (unpaired) electrons. The van der Waals surface area contributed by atoms with E-state index in [-0.39, 0.29) is 63.0 Å². The zero-order valence-electron chi connectivity index (χ0n) is 32.1. The number of aliphatic hydroxyl groups excluding tert-OH is 2. The molecule has 0 spiro atoms. The van der Waals surface area contributed by atoms with E-state index in [2.05, 4.69) is 17.8 Å². The molecule has 3 aromatic rings. The predicted molar refractivity (Wildman–Crippen MR) is 207 cm³/mol. The third-order valence-electron chi connectivity index (χ3n) is 11.2. The Morgan fingerprint density at radius 2 is 1.77 bits per heavy atom. The molecule has 3 aromatic carbocycles. The van der Waals surface area contributed by atoms with Gasteiger partial charge in [-0.15, -0.1) is 6.58 Å². The summed E-state index contributed by atoms with van der Waals surface area (Å²) in [6, 6.07) is 17.2. The van der Waals surface area contributed by atoms with Crippen molar-refractivity contribution in [3.05, 3.63) is 119 Å². The summed E-state index contributed by atoms with van der Waals surface area (Å²) in [5, 5.41) is 24.2. The fourth-order valence-corrected chi connectivity index (χ4v) is 8.83. The van der Waals surface area contributed by atoms with Crippen LogP contribution in [0.2, 0.25) is 0 Å². The van der Waals surface area contributed by atoms with E-state index in [0.717, 1.165) is 36.8 Å². The van der Waals surface area contributed by atoms with Crippen molar-refractivity contribution in [2.75, 3.05) is 34.0 Å². The molecule has 1 aliphatic heterocycles. The van der Waals surface area contributed by atoms with Crippen LogP contribution in [-0.4, -0.2) is 72.8 Å². The van der Waals surface area contributed by atoms with Crippen molar-refractivity contribution in [2.24, 2.45) is 22.9 Å². The summed E-state index contributed by atoms with van der Waals surface area (Å²) in [6.45, 7) is 4.25. The Hall–Kier alpha value is -4.78. The van der Waals surface area contributed by atoms with Gasteiger partial charge in [0, 0.05) is 43.2 Å². The first-order chi connectivity index (χ1) is 27.3. The van der Waals surface area contributed by atoms with Crippen molar-refractivity contribution in [1.29, 1.82) is 0 Å². The van der Waals surface area contributed by atoms with Crippen molar-refractivity contribution >= 4 is 11.8 Å². The Bertz CT molecular complexity index is 1870. The van der Waals surface area contributed by atoms with Crippen LogP contribution in [0.3, 0.4) is 0 Å². The molecule has 2 N–H and O–H groups in total. The highest BCUT2D eigenvalue weighted by Crippen LogP contribution is 2.62. The molecule has 2 aliphatic carbocycles.